The van der Waals surface area contributed by atoms with Crippen molar-refractivity contribution in [1.29, 1.82) is 0 Å². The van der Waals surface area contributed by atoms with Crippen molar-refractivity contribution in [3.05, 3.63) is 45.8 Å². The molecule has 1 heterocycles. The molecule has 6 heteroatoms. The van der Waals surface area contributed by atoms with Gasteiger partial charge in [0.1, 0.15) is 5.82 Å². The van der Waals surface area contributed by atoms with Gasteiger partial charge in [0.15, 0.2) is 5.82 Å². The predicted octanol–water partition coefficient (Wildman–Crippen LogP) is 2.58. The van der Waals surface area contributed by atoms with Gasteiger partial charge in [-0.05, 0) is 12.1 Å². The van der Waals surface area contributed by atoms with Crippen molar-refractivity contribution in [3.8, 4) is 0 Å². The van der Waals surface area contributed by atoms with Crippen molar-refractivity contribution in [1.82, 2.24) is 10.1 Å². The second-order valence-corrected chi connectivity index (χ2v) is 4.46. The van der Waals surface area contributed by atoms with E-state index >= 15 is 0 Å². The second kappa shape index (κ2) is 4.93. The zero-order chi connectivity index (χ0) is 12.4. The quantitative estimate of drug-likeness (QED) is 0.946. The van der Waals surface area contributed by atoms with Crippen LogP contribution >= 0.6 is 15.9 Å². The van der Waals surface area contributed by atoms with E-state index in [-0.39, 0.29) is 0 Å². The molecule has 1 aromatic carbocycles. The highest BCUT2D eigenvalue weighted by molar-refractivity contribution is 9.10. The van der Waals surface area contributed by atoms with Crippen LogP contribution in [0.3, 0.4) is 0 Å². The third kappa shape index (κ3) is 2.53. The van der Waals surface area contributed by atoms with Gasteiger partial charge in [-0.2, -0.15) is 4.98 Å². The summed E-state index contributed by atoms with van der Waals surface area (Å²) < 4.78 is 19.3. The van der Waals surface area contributed by atoms with Crippen molar-refractivity contribution in [2.75, 3.05) is 0 Å². The van der Waals surface area contributed by atoms with Gasteiger partial charge >= 0.3 is 0 Å². The molecule has 1 unspecified atom stereocenters. The van der Waals surface area contributed by atoms with Crippen molar-refractivity contribution < 1.29 is 8.91 Å². The highest BCUT2D eigenvalue weighted by Gasteiger charge is 2.19. The molecule has 0 saturated heterocycles. The van der Waals surface area contributed by atoms with Gasteiger partial charge in [-0.3, -0.25) is 0 Å². The lowest BCUT2D eigenvalue weighted by Crippen LogP contribution is -2.15. The van der Waals surface area contributed by atoms with E-state index in [9.17, 15) is 4.39 Å². The van der Waals surface area contributed by atoms with Gasteiger partial charge in [0.05, 0.1) is 6.04 Å². The van der Waals surface area contributed by atoms with E-state index in [1.54, 1.807) is 12.1 Å². The number of hydrogen-bond acceptors (Lipinski definition) is 4. The first kappa shape index (κ1) is 12.2. The van der Waals surface area contributed by atoms with Crippen LogP contribution in [0.2, 0.25) is 0 Å². The first-order chi connectivity index (χ1) is 8.11. The molecule has 4 nitrogen and oxygen atoms in total. The van der Waals surface area contributed by atoms with Crippen molar-refractivity contribution in [3.63, 3.8) is 0 Å². The van der Waals surface area contributed by atoms with E-state index in [1.807, 2.05) is 6.92 Å². The monoisotopic (exact) mass is 299 g/mol. The Hall–Kier alpha value is -1.27. The van der Waals surface area contributed by atoms with Crippen LogP contribution in [0, 0.1) is 5.82 Å². The standard InChI is InChI=1S/C11H11BrFN3O/c1-2-9-15-11(16-17-9)10(14)7-4-3-6(12)5-8(7)13/h3-5,10H,2,14H2,1H3. The van der Waals surface area contributed by atoms with E-state index in [0.29, 0.717) is 28.2 Å². The van der Waals surface area contributed by atoms with Crippen LogP contribution in [0.25, 0.3) is 0 Å². The maximum atomic E-state index is 13.7. The number of halogens is 2. The maximum absolute atomic E-state index is 13.7. The third-order valence-electron chi connectivity index (χ3n) is 2.36. The Morgan fingerprint density at radius 1 is 1.53 bits per heavy atom. The van der Waals surface area contributed by atoms with Crippen LogP contribution in [-0.4, -0.2) is 10.1 Å². The molecule has 90 valence electrons. The molecule has 0 aliphatic heterocycles. The summed E-state index contributed by atoms with van der Waals surface area (Å²) in [6.07, 6.45) is 0.628. The molecule has 0 bridgehead atoms. The molecule has 0 amide bonds. The van der Waals surface area contributed by atoms with Gasteiger partial charge in [-0.25, -0.2) is 4.39 Å². The molecule has 17 heavy (non-hydrogen) atoms. The minimum Gasteiger partial charge on any atom is -0.339 e. The Labute approximate surface area is 106 Å². The highest BCUT2D eigenvalue weighted by Crippen LogP contribution is 2.23. The lowest BCUT2D eigenvalue weighted by molar-refractivity contribution is 0.374. The van der Waals surface area contributed by atoms with E-state index in [2.05, 4.69) is 26.1 Å². The lowest BCUT2D eigenvalue weighted by Gasteiger charge is -2.08. The fraction of sp³-hybridized carbons (Fsp3) is 0.273. The van der Waals surface area contributed by atoms with Gasteiger partial charge in [0, 0.05) is 16.5 Å². The van der Waals surface area contributed by atoms with Gasteiger partial charge in [0.25, 0.3) is 0 Å². The summed E-state index contributed by atoms with van der Waals surface area (Å²) in [5.41, 5.74) is 6.24. The van der Waals surface area contributed by atoms with Gasteiger partial charge in [-0.15, -0.1) is 0 Å². The van der Waals surface area contributed by atoms with Crippen LogP contribution in [0.15, 0.2) is 27.2 Å². The Kier molecular flexibility index (Phi) is 3.54. The van der Waals surface area contributed by atoms with Crippen LogP contribution in [0.5, 0.6) is 0 Å². The number of nitrogens with two attached hydrogens (primary N) is 1. The van der Waals surface area contributed by atoms with Crippen molar-refractivity contribution in [2.24, 2.45) is 5.73 Å². The van der Waals surface area contributed by atoms with Crippen LogP contribution in [0.4, 0.5) is 4.39 Å². The van der Waals surface area contributed by atoms with Crippen LogP contribution in [0.1, 0.15) is 30.2 Å². The summed E-state index contributed by atoms with van der Waals surface area (Å²) in [6.45, 7) is 1.89. The number of rotatable bonds is 3. The Morgan fingerprint density at radius 2 is 2.29 bits per heavy atom. The minimum absolute atomic E-state index is 0.295. The summed E-state index contributed by atoms with van der Waals surface area (Å²) in [4.78, 5) is 4.09. The summed E-state index contributed by atoms with van der Waals surface area (Å²) in [6, 6.07) is 3.97. The van der Waals surface area contributed by atoms with Crippen molar-refractivity contribution in [2.45, 2.75) is 19.4 Å². The molecule has 0 saturated carbocycles. The first-order valence-electron chi connectivity index (χ1n) is 5.14. The molecule has 0 radical (unpaired) electrons. The Morgan fingerprint density at radius 3 is 2.88 bits per heavy atom. The van der Waals surface area contributed by atoms with Crippen LogP contribution < -0.4 is 5.73 Å². The minimum atomic E-state index is -0.716. The van der Waals surface area contributed by atoms with E-state index in [4.69, 9.17) is 10.3 Å². The maximum Gasteiger partial charge on any atom is 0.226 e. The second-order valence-electron chi connectivity index (χ2n) is 3.54. The molecule has 0 aliphatic carbocycles. The summed E-state index contributed by atoms with van der Waals surface area (Å²) in [7, 11) is 0. The molecule has 1 atom stereocenters. The van der Waals surface area contributed by atoms with Gasteiger partial charge in [0.2, 0.25) is 5.89 Å². The Balaban J connectivity index is 2.33. The molecule has 2 aromatic rings. The number of aryl methyl sites for hydroxylation is 1. The Bertz CT molecular complexity index is 529. The number of hydrogen-bond donors (Lipinski definition) is 1. The molecule has 1 aromatic heterocycles. The molecule has 2 rings (SSSR count). The van der Waals surface area contributed by atoms with E-state index < -0.39 is 11.9 Å². The largest absolute Gasteiger partial charge is 0.339 e. The lowest BCUT2D eigenvalue weighted by atomic mass is 10.1. The zero-order valence-corrected chi connectivity index (χ0v) is 10.7. The predicted molar refractivity (Wildman–Crippen MR) is 63.8 cm³/mol. The number of nitrogens with zero attached hydrogens (tertiary/aromatic N) is 2. The molecular weight excluding hydrogens is 289 g/mol. The number of aromatic nitrogens is 2. The topological polar surface area (TPSA) is 64.9 Å². The van der Waals surface area contributed by atoms with Crippen molar-refractivity contribution >= 4 is 15.9 Å². The first-order valence-corrected chi connectivity index (χ1v) is 5.94. The molecule has 0 fully saturated rings. The molecule has 0 spiro atoms. The molecule has 0 aliphatic rings. The van der Waals surface area contributed by atoms with E-state index in [1.165, 1.54) is 6.07 Å². The molecule has 2 N–H and O–H groups in total. The van der Waals surface area contributed by atoms with E-state index in [0.717, 1.165) is 0 Å². The average Bonchev–Trinajstić information content (AvgIpc) is 2.76. The number of benzene rings is 1. The smallest absolute Gasteiger partial charge is 0.226 e. The fourth-order valence-electron chi connectivity index (χ4n) is 1.43. The fourth-order valence-corrected chi connectivity index (χ4v) is 1.76. The zero-order valence-electron chi connectivity index (χ0n) is 9.15. The summed E-state index contributed by atoms with van der Waals surface area (Å²) in [5.74, 6) is 0.394. The summed E-state index contributed by atoms with van der Waals surface area (Å²) >= 11 is 3.19. The highest BCUT2D eigenvalue weighted by atomic mass is 79.9. The van der Waals surface area contributed by atoms with Gasteiger partial charge in [-0.1, -0.05) is 34.1 Å². The van der Waals surface area contributed by atoms with Crippen LogP contribution in [-0.2, 0) is 6.42 Å². The SMILES string of the molecule is CCc1nc(C(N)c2ccc(Br)cc2F)no1. The van der Waals surface area contributed by atoms with Gasteiger partial charge < -0.3 is 10.3 Å². The average molecular weight is 300 g/mol. The molecular formula is C11H11BrFN3O. The normalized spacial score (nSPS) is 12.7. The summed E-state index contributed by atoms with van der Waals surface area (Å²) in [5, 5.41) is 3.74. The third-order valence-corrected chi connectivity index (χ3v) is 2.86.